The Kier molecular flexibility index (Phi) is 3.37. The van der Waals surface area contributed by atoms with E-state index in [1.807, 2.05) is 19.4 Å². The maximum absolute atomic E-state index is 4.35. The lowest BCUT2D eigenvalue weighted by Gasteiger charge is -2.09. The van der Waals surface area contributed by atoms with E-state index in [-0.39, 0.29) is 0 Å². The van der Waals surface area contributed by atoms with Crippen LogP contribution in [0.1, 0.15) is 31.3 Å². The summed E-state index contributed by atoms with van der Waals surface area (Å²) in [5, 5.41) is 2.95. The molecule has 0 atom stereocenters. The van der Waals surface area contributed by atoms with Gasteiger partial charge in [0.05, 0.1) is 24.6 Å². The normalized spacial score (nSPS) is 10.8. The van der Waals surface area contributed by atoms with Crippen LogP contribution in [0.15, 0.2) is 24.8 Å². The summed E-state index contributed by atoms with van der Waals surface area (Å²) in [6.45, 7) is 4.98. The van der Waals surface area contributed by atoms with Crippen LogP contribution in [0, 0.1) is 0 Å². The summed E-state index contributed by atoms with van der Waals surface area (Å²) < 4.78 is 2.10. The van der Waals surface area contributed by atoms with Crippen molar-refractivity contribution in [2.24, 2.45) is 0 Å². The summed E-state index contributed by atoms with van der Waals surface area (Å²) in [6.07, 6.45) is 7.32. The minimum Gasteiger partial charge on any atom is -0.372 e. The van der Waals surface area contributed by atoms with Gasteiger partial charge in [-0.15, -0.1) is 0 Å². The number of imidazole rings is 1. The van der Waals surface area contributed by atoms with Crippen molar-refractivity contribution in [2.45, 2.75) is 26.3 Å². The molecule has 2 aromatic heterocycles. The largest absolute Gasteiger partial charge is 0.372 e. The number of nitrogens with one attached hydrogen (secondary N) is 1. The summed E-state index contributed by atoms with van der Waals surface area (Å²) >= 11 is 0. The van der Waals surface area contributed by atoms with E-state index in [0.29, 0.717) is 12.5 Å². The van der Waals surface area contributed by atoms with Gasteiger partial charge in [0.25, 0.3) is 0 Å². The van der Waals surface area contributed by atoms with Crippen molar-refractivity contribution in [1.82, 2.24) is 19.5 Å². The van der Waals surface area contributed by atoms with E-state index in [4.69, 9.17) is 0 Å². The molecule has 0 radical (unpaired) electrons. The number of hydrogen-bond donors (Lipinski definition) is 1. The van der Waals surface area contributed by atoms with Crippen molar-refractivity contribution in [3.05, 3.63) is 36.3 Å². The van der Waals surface area contributed by atoms with Gasteiger partial charge in [-0.25, -0.2) is 9.97 Å². The molecule has 1 N–H and O–H groups in total. The summed E-state index contributed by atoms with van der Waals surface area (Å²) in [7, 11) is 1.83. The molecule has 0 bridgehead atoms. The van der Waals surface area contributed by atoms with Gasteiger partial charge < -0.3 is 9.88 Å². The Morgan fingerprint density at radius 2 is 2.06 bits per heavy atom. The molecule has 0 unspecified atom stereocenters. The highest BCUT2D eigenvalue weighted by Gasteiger charge is 2.07. The number of anilines is 1. The third kappa shape index (κ3) is 2.61. The van der Waals surface area contributed by atoms with Gasteiger partial charge in [0.1, 0.15) is 11.6 Å². The van der Waals surface area contributed by atoms with E-state index in [2.05, 4.69) is 38.7 Å². The molecule has 0 spiro atoms. The maximum atomic E-state index is 4.35. The van der Waals surface area contributed by atoms with Crippen molar-refractivity contribution >= 4 is 5.82 Å². The average molecular weight is 231 g/mol. The second-order valence-corrected chi connectivity index (χ2v) is 4.21. The van der Waals surface area contributed by atoms with Gasteiger partial charge >= 0.3 is 0 Å². The van der Waals surface area contributed by atoms with Crippen LogP contribution in [-0.2, 0) is 6.54 Å². The van der Waals surface area contributed by atoms with Crippen molar-refractivity contribution < 1.29 is 0 Å². The monoisotopic (exact) mass is 231 g/mol. The van der Waals surface area contributed by atoms with E-state index in [1.165, 1.54) is 0 Å². The average Bonchev–Trinajstić information content (AvgIpc) is 2.78. The van der Waals surface area contributed by atoms with Gasteiger partial charge in [0.15, 0.2) is 0 Å². The minimum atomic E-state index is 0.412. The van der Waals surface area contributed by atoms with Gasteiger partial charge in [-0.3, -0.25) is 4.98 Å². The third-order valence-corrected chi connectivity index (χ3v) is 2.56. The molecule has 2 heterocycles. The predicted octanol–water partition coefficient (Wildman–Crippen LogP) is 1.89. The van der Waals surface area contributed by atoms with Crippen molar-refractivity contribution in [2.75, 3.05) is 12.4 Å². The highest BCUT2D eigenvalue weighted by Crippen LogP contribution is 2.13. The lowest BCUT2D eigenvalue weighted by atomic mass is 10.2. The Bertz CT molecular complexity index is 472. The molecule has 0 fully saturated rings. The molecule has 5 heteroatoms. The van der Waals surface area contributed by atoms with E-state index in [9.17, 15) is 0 Å². The standard InChI is InChI=1S/C12H17N5/c1-9(2)12-14-4-5-17(12)8-10-6-16-11(13-3)7-15-10/h4-7,9H,8H2,1-3H3,(H,13,16). The first kappa shape index (κ1) is 11.6. The third-order valence-electron chi connectivity index (χ3n) is 2.56. The van der Waals surface area contributed by atoms with Crippen molar-refractivity contribution in [3.63, 3.8) is 0 Å². The number of rotatable bonds is 4. The zero-order valence-corrected chi connectivity index (χ0v) is 10.4. The van der Waals surface area contributed by atoms with Crippen LogP contribution in [0.5, 0.6) is 0 Å². The van der Waals surface area contributed by atoms with Gasteiger partial charge in [-0.1, -0.05) is 13.8 Å². The van der Waals surface area contributed by atoms with Crippen LogP contribution < -0.4 is 5.32 Å². The molecule has 0 saturated heterocycles. The molecule has 0 aromatic carbocycles. The fourth-order valence-electron chi connectivity index (χ4n) is 1.70. The Morgan fingerprint density at radius 1 is 1.24 bits per heavy atom. The molecule has 5 nitrogen and oxygen atoms in total. The topological polar surface area (TPSA) is 55.6 Å². The Balaban J connectivity index is 2.16. The van der Waals surface area contributed by atoms with E-state index in [0.717, 1.165) is 17.3 Å². The van der Waals surface area contributed by atoms with Crippen LogP contribution in [0.2, 0.25) is 0 Å². The molecule has 0 aliphatic heterocycles. The maximum Gasteiger partial charge on any atom is 0.144 e. The Labute approximate surface area is 101 Å². The molecule has 0 amide bonds. The molecule has 17 heavy (non-hydrogen) atoms. The fraction of sp³-hybridized carbons (Fsp3) is 0.417. The first-order valence-corrected chi connectivity index (χ1v) is 5.70. The molecule has 2 rings (SSSR count). The lowest BCUT2D eigenvalue weighted by molar-refractivity contribution is 0.659. The Morgan fingerprint density at radius 3 is 2.65 bits per heavy atom. The quantitative estimate of drug-likeness (QED) is 0.873. The molecule has 2 aromatic rings. The zero-order chi connectivity index (χ0) is 12.3. The SMILES string of the molecule is CNc1cnc(Cn2ccnc2C(C)C)cn1. The lowest BCUT2D eigenvalue weighted by Crippen LogP contribution is -2.07. The number of aromatic nitrogens is 4. The van der Waals surface area contributed by atoms with Gasteiger partial charge in [-0.05, 0) is 0 Å². The number of nitrogens with zero attached hydrogens (tertiary/aromatic N) is 4. The molecular formula is C12H17N5. The highest BCUT2D eigenvalue weighted by atomic mass is 15.1. The van der Waals surface area contributed by atoms with Crippen LogP contribution in [0.3, 0.4) is 0 Å². The molecule has 0 aliphatic carbocycles. The molecule has 0 saturated carbocycles. The van der Waals surface area contributed by atoms with Crippen molar-refractivity contribution in [1.29, 1.82) is 0 Å². The number of hydrogen-bond acceptors (Lipinski definition) is 4. The highest BCUT2D eigenvalue weighted by molar-refractivity contribution is 5.29. The van der Waals surface area contributed by atoms with Crippen LogP contribution in [0.4, 0.5) is 5.82 Å². The second-order valence-electron chi connectivity index (χ2n) is 4.21. The van der Waals surface area contributed by atoms with E-state index in [1.54, 1.807) is 12.4 Å². The molecule has 0 aliphatic rings. The second kappa shape index (κ2) is 4.95. The zero-order valence-electron chi connectivity index (χ0n) is 10.4. The summed E-state index contributed by atoms with van der Waals surface area (Å²) in [6, 6.07) is 0. The first-order chi connectivity index (χ1) is 8.20. The summed E-state index contributed by atoms with van der Waals surface area (Å²) in [4.78, 5) is 12.9. The smallest absolute Gasteiger partial charge is 0.144 e. The van der Waals surface area contributed by atoms with Gasteiger partial charge in [0.2, 0.25) is 0 Å². The fourth-order valence-corrected chi connectivity index (χ4v) is 1.70. The summed E-state index contributed by atoms with van der Waals surface area (Å²) in [5.74, 6) is 2.27. The van der Waals surface area contributed by atoms with Crippen LogP contribution in [-0.4, -0.2) is 26.6 Å². The van der Waals surface area contributed by atoms with Crippen LogP contribution >= 0.6 is 0 Å². The minimum absolute atomic E-state index is 0.412. The van der Waals surface area contributed by atoms with Crippen molar-refractivity contribution in [3.8, 4) is 0 Å². The van der Waals surface area contributed by atoms with E-state index < -0.39 is 0 Å². The molecule has 90 valence electrons. The van der Waals surface area contributed by atoms with Gasteiger partial charge in [0, 0.05) is 25.4 Å². The summed E-state index contributed by atoms with van der Waals surface area (Å²) in [5.41, 5.74) is 0.934. The predicted molar refractivity (Wildman–Crippen MR) is 67.0 cm³/mol. The Hall–Kier alpha value is -1.91. The molecular weight excluding hydrogens is 214 g/mol. The van der Waals surface area contributed by atoms with Crippen LogP contribution in [0.25, 0.3) is 0 Å². The van der Waals surface area contributed by atoms with Gasteiger partial charge in [-0.2, -0.15) is 0 Å². The first-order valence-electron chi connectivity index (χ1n) is 5.70. The van der Waals surface area contributed by atoms with E-state index >= 15 is 0 Å².